The number of nitrogen functional groups attached to an aromatic ring is 1. The third kappa shape index (κ3) is 5.42. The summed E-state index contributed by atoms with van der Waals surface area (Å²) >= 11 is 12.0. The van der Waals surface area contributed by atoms with E-state index in [1.165, 1.54) is 23.1 Å². The number of hydrogen-bond donors (Lipinski definition) is 3. The number of halogens is 4. The van der Waals surface area contributed by atoms with E-state index < -0.39 is 17.7 Å². The van der Waals surface area contributed by atoms with E-state index in [0.29, 0.717) is 22.1 Å². The molecule has 0 saturated heterocycles. The molecule has 0 fully saturated rings. The van der Waals surface area contributed by atoms with E-state index in [9.17, 15) is 13.6 Å². The minimum absolute atomic E-state index is 0.101. The number of aromatic nitrogens is 2. The fourth-order valence-corrected chi connectivity index (χ4v) is 3.55. The monoisotopic (exact) mass is 487 g/mol. The minimum atomic E-state index is -0.739. The smallest absolute Gasteiger partial charge is 0.326 e. The molecule has 168 valence electrons. The molecule has 0 saturated carbocycles. The standard InChI is InChI=1S/C23H17Cl2F2N5O/c24-19-5-4-17(10-20(19)25)30-23(33)32(12-13-6-15(26)9-16(27)7-13)18-3-1-2-14(8-18)21-11-29-22(28)31-21/h1-11H,12H2,(H,30,33)(H3,28,29,31). The van der Waals surface area contributed by atoms with Crippen LogP contribution in [0.5, 0.6) is 0 Å². The summed E-state index contributed by atoms with van der Waals surface area (Å²) in [5.41, 5.74) is 8.19. The lowest BCUT2D eigenvalue weighted by molar-refractivity contribution is 0.256. The molecule has 2 amide bonds. The van der Waals surface area contributed by atoms with Crippen LogP contribution in [0.15, 0.2) is 66.9 Å². The number of urea groups is 1. The molecule has 0 atom stereocenters. The highest BCUT2D eigenvalue weighted by Crippen LogP contribution is 2.28. The van der Waals surface area contributed by atoms with Crippen LogP contribution in [-0.2, 0) is 6.54 Å². The van der Waals surface area contributed by atoms with Crippen molar-refractivity contribution in [3.05, 3.63) is 94.1 Å². The molecule has 0 aliphatic carbocycles. The maximum Gasteiger partial charge on any atom is 0.326 e. The first kappa shape index (κ1) is 22.6. The minimum Gasteiger partial charge on any atom is -0.369 e. The van der Waals surface area contributed by atoms with Gasteiger partial charge in [-0.15, -0.1) is 0 Å². The van der Waals surface area contributed by atoms with E-state index in [4.69, 9.17) is 28.9 Å². The van der Waals surface area contributed by atoms with Gasteiger partial charge in [0, 0.05) is 23.0 Å². The van der Waals surface area contributed by atoms with Crippen LogP contribution in [0.4, 0.5) is 30.9 Å². The molecule has 4 aromatic rings. The Labute approximate surface area is 198 Å². The molecular weight excluding hydrogens is 471 g/mol. The summed E-state index contributed by atoms with van der Waals surface area (Å²) in [7, 11) is 0. The number of hydrogen-bond acceptors (Lipinski definition) is 3. The lowest BCUT2D eigenvalue weighted by Gasteiger charge is -2.24. The maximum absolute atomic E-state index is 13.8. The Kier molecular flexibility index (Phi) is 6.48. The normalized spacial score (nSPS) is 10.8. The summed E-state index contributed by atoms with van der Waals surface area (Å²) in [6.45, 7) is -0.101. The molecule has 6 nitrogen and oxygen atoms in total. The van der Waals surface area contributed by atoms with Crippen molar-refractivity contribution in [2.24, 2.45) is 0 Å². The highest BCUT2D eigenvalue weighted by Gasteiger charge is 2.19. The van der Waals surface area contributed by atoms with Gasteiger partial charge in [-0.1, -0.05) is 35.3 Å². The van der Waals surface area contributed by atoms with E-state index in [1.54, 1.807) is 36.5 Å². The molecule has 0 aliphatic heterocycles. The van der Waals surface area contributed by atoms with Crippen molar-refractivity contribution in [2.45, 2.75) is 6.54 Å². The number of amides is 2. The highest BCUT2D eigenvalue weighted by molar-refractivity contribution is 6.42. The zero-order chi connectivity index (χ0) is 23.5. The Morgan fingerprint density at radius 2 is 1.79 bits per heavy atom. The van der Waals surface area contributed by atoms with Crippen LogP contribution in [0, 0.1) is 11.6 Å². The van der Waals surface area contributed by atoms with Crippen LogP contribution >= 0.6 is 23.2 Å². The molecule has 3 aromatic carbocycles. The Bertz CT molecular complexity index is 1310. The lowest BCUT2D eigenvalue weighted by Crippen LogP contribution is -2.34. The average Bonchev–Trinajstić information content (AvgIpc) is 3.20. The topological polar surface area (TPSA) is 87.0 Å². The first-order valence-corrected chi connectivity index (χ1v) is 10.4. The summed E-state index contributed by atoms with van der Waals surface area (Å²) in [6.07, 6.45) is 1.57. The second-order valence-corrected chi connectivity index (χ2v) is 7.97. The predicted molar refractivity (Wildman–Crippen MR) is 126 cm³/mol. The largest absolute Gasteiger partial charge is 0.369 e. The van der Waals surface area contributed by atoms with E-state index in [0.717, 1.165) is 11.6 Å². The van der Waals surface area contributed by atoms with Crippen molar-refractivity contribution in [3.8, 4) is 11.3 Å². The Morgan fingerprint density at radius 1 is 1.03 bits per heavy atom. The summed E-state index contributed by atoms with van der Waals surface area (Å²) in [5.74, 6) is -1.23. The number of rotatable bonds is 5. The molecule has 10 heteroatoms. The fourth-order valence-electron chi connectivity index (χ4n) is 3.25. The lowest BCUT2D eigenvalue weighted by atomic mass is 10.1. The number of benzene rings is 3. The second-order valence-electron chi connectivity index (χ2n) is 7.16. The molecule has 33 heavy (non-hydrogen) atoms. The highest BCUT2D eigenvalue weighted by atomic mass is 35.5. The number of aromatic amines is 1. The van der Waals surface area contributed by atoms with Crippen LogP contribution in [0.2, 0.25) is 10.0 Å². The molecule has 4 rings (SSSR count). The maximum atomic E-state index is 13.8. The quantitative estimate of drug-likeness (QED) is 0.301. The van der Waals surface area contributed by atoms with Crippen LogP contribution in [0.1, 0.15) is 5.56 Å². The zero-order valence-corrected chi connectivity index (χ0v) is 18.5. The van der Waals surface area contributed by atoms with Gasteiger partial charge in [0.1, 0.15) is 11.6 Å². The third-order valence-electron chi connectivity index (χ3n) is 4.74. The molecule has 0 radical (unpaired) electrons. The predicted octanol–water partition coefficient (Wildman–Crippen LogP) is 6.48. The Hall–Kier alpha value is -3.62. The average molecular weight is 488 g/mol. The van der Waals surface area contributed by atoms with Gasteiger partial charge in [-0.3, -0.25) is 4.90 Å². The molecular formula is C23H17Cl2F2N5O. The molecule has 4 N–H and O–H groups in total. The van der Waals surface area contributed by atoms with Gasteiger partial charge in [0.05, 0.1) is 28.5 Å². The van der Waals surface area contributed by atoms with Gasteiger partial charge >= 0.3 is 6.03 Å². The molecule has 0 aliphatic rings. The van der Waals surface area contributed by atoms with Gasteiger partial charge in [-0.05, 0) is 48.0 Å². The number of nitrogens with two attached hydrogens (primary N) is 1. The van der Waals surface area contributed by atoms with Gasteiger partial charge in [0.2, 0.25) is 0 Å². The SMILES string of the molecule is Nc1ncc(-c2cccc(N(Cc3cc(F)cc(F)c3)C(=O)Nc3ccc(Cl)c(Cl)c3)c2)[nH]1. The molecule has 1 heterocycles. The number of carbonyl (C=O) groups is 1. The Balaban J connectivity index is 1.70. The third-order valence-corrected chi connectivity index (χ3v) is 5.48. The second kappa shape index (κ2) is 9.48. The van der Waals surface area contributed by atoms with Crippen molar-refractivity contribution >= 4 is 46.6 Å². The first-order chi connectivity index (χ1) is 15.8. The number of nitrogens with one attached hydrogen (secondary N) is 2. The number of imidazole rings is 1. The molecule has 1 aromatic heterocycles. The van der Waals surface area contributed by atoms with E-state index in [2.05, 4.69) is 15.3 Å². The van der Waals surface area contributed by atoms with E-state index in [1.807, 2.05) is 6.07 Å². The van der Waals surface area contributed by atoms with Gasteiger partial charge in [0.25, 0.3) is 0 Å². The van der Waals surface area contributed by atoms with E-state index >= 15 is 0 Å². The van der Waals surface area contributed by atoms with Crippen molar-refractivity contribution in [1.82, 2.24) is 9.97 Å². The number of carbonyl (C=O) groups excluding carboxylic acids is 1. The van der Waals surface area contributed by atoms with E-state index in [-0.39, 0.29) is 23.1 Å². The number of nitrogens with zero attached hydrogens (tertiary/aromatic N) is 2. The summed E-state index contributed by atoms with van der Waals surface area (Å²) in [5, 5.41) is 3.35. The van der Waals surface area contributed by atoms with Crippen molar-refractivity contribution in [2.75, 3.05) is 16.0 Å². The first-order valence-electron chi connectivity index (χ1n) is 9.68. The number of anilines is 3. The molecule has 0 spiro atoms. The van der Waals surface area contributed by atoms with Crippen molar-refractivity contribution < 1.29 is 13.6 Å². The van der Waals surface area contributed by atoms with Crippen LogP contribution in [0.3, 0.4) is 0 Å². The van der Waals surface area contributed by atoms with Gasteiger partial charge in [-0.2, -0.15) is 0 Å². The Morgan fingerprint density at radius 3 is 2.45 bits per heavy atom. The summed E-state index contributed by atoms with van der Waals surface area (Å²) in [6, 6.07) is 14.2. The molecule has 0 bridgehead atoms. The van der Waals surface area contributed by atoms with Gasteiger partial charge in [0.15, 0.2) is 5.95 Å². The number of H-pyrrole nitrogens is 1. The van der Waals surface area contributed by atoms with Crippen molar-refractivity contribution in [3.63, 3.8) is 0 Å². The summed E-state index contributed by atoms with van der Waals surface area (Å²) in [4.78, 5) is 21.5. The van der Waals surface area contributed by atoms with Crippen LogP contribution in [-0.4, -0.2) is 16.0 Å². The zero-order valence-electron chi connectivity index (χ0n) is 16.9. The van der Waals surface area contributed by atoms with Crippen molar-refractivity contribution in [1.29, 1.82) is 0 Å². The fraction of sp³-hybridized carbons (Fsp3) is 0.0435. The van der Waals surface area contributed by atoms with Crippen LogP contribution in [0.25, 0.3) is 11.3 Å². The van der Waals surface area contributed by atoms with Gasteiger partial charge in [-0.25, -0.2) is 18.6 Å². The summed E-state index contributed by atoms with van der Waals surface area (Å²) < 4.78 is 27.6. The van der Waals surface area contributed by atoms with Crippen LogP contribution < -0.4 is 16.0 Å². The van der Waals surface area contributed by atoms with Gasteiger partial charge < -0.3 is 16.0 Å². The molecule has 0 unspecified atom stereocenters.